The van der Waals surface area contributed by atoms with Crippen LogP contribution in [0.5, 0.6) is 0 Å². The highest BCUT2D eigenvalue weighted by molar-refractivity contribution is 5.65. The second kappa shape index (κ2) is 3.36. The molecule has 0 amide bonds. The Kier molecular flexibility index (Phi) is 2.25. The smallest absolute Gasteiger partial charge is 0.295 e. The van der Waals surface area contributed by atoms with E-state index >= 15 is 0 Å². The van der Waals surface area contributed by atoms with Gasteiger partial charge in [-0.3, -0.25) is 10.1 Å². The molecule has 1 heterocycles. The molecule has 4 nitrogen and oxygen atoms in total. The van der Waals surface area contributed by atoms with E-state index in [2.05, 4.69) is 0 Å². The van der Waals surface area contributed by atoms with E-state index in [0.29, 0.717) is 0 Å². The lowest BCUT2D eigenvalue weighted by Crippen LogP contribution is -2.56. The van der Waals surface area contributed by atoms with Crippen molar-refractivity contribution in [2.24, 2.45) is 0 Å². The van der Waals surface area contributed by atoms with Gasteiger partial charge in [-0.05, 0) is 12.1 Å². The summed E-state index contributed by atoms with van der Waals surface area (Å²) in [5, 5.41) is 10.6. The van der Waals surface area contributed by atoms with Crippen molar-refractivity contribution in [2.45, 2.75) is 5.92 Å². The van der Waals surface area contributed by atoms with Gasteiger partial charge in [0.05, 0.1) is 24.1 Å². The number of anilines is 1. The highest BCUT2D eigenvalue weighted by Crippen LogP contribution is 2.37. The molecule has 1 aliphatic heterocycles. The Balaban J connectivity index is 2.31. The van der Waals surface area contributed by atoms with Crippen molar-refractivity contribution in [3.8, 4) is 0 Å². The first kappa shape index (κ1) is 10.7. The molecule has 0 aromatic heterocycles. The molecule has 86 valence electrons. The van der Waals surface area contributed by atoms with E-state index < -0.39 is 35.4 Å². The van der Waals surface area contributed by atoms with E-state index in [9.17, 15) is 23.3 Å². The van der Waals surface area contributed by atoms with E-state index in [1.165, 1.54) is 0 Å². The van der Waals surface area contributed by atoms with Gasteiger partial charge in [-0.25, -0.2) is 13.2 Å². The normalized spacial score (nSPS) is 18.1. The lowest BCUT2D eigenvalue weighted by atomic mass is 10.1. The monoisotopic (exact) mass is 232 g/mol. The van der Waals surface area contributed by atoms with Crippen molar-refractivity contribution in [3.05, 3.63) is 34.1 Å². The van der Waals surface area contributed by atoms with Gasteiger partial charge in [0.25, 0.3) is 11.6 Å². The Morgan fingerprint density at radius 2 is 2.00 bits per heavy atom. The van der Waals surface area contributed by atoms with Gasteiger partial charge in [0.2, 0.25) is 0 Å². The number of nitrogens with zero attached hydrogens (tertiary/aromatic N) is 2. The molecule has 1 aliphatic rings. The first-order valence-electron chi connectivity index (χ1n) is 4.46. The van der Waals surface area contributed by atoms with Crippen LogP contribution in [0.1, 0.15) is 0 Å². The quantitative estimate of drug-likeness (QED) is 0.580. The molecule has 0 aliphatic carbocycles. The maximum atomic E-state index is 12.8. The molecule has 0 N–H and O–H groups in total. The van der Waals surface area contributed by atoms with E-state index in [1.54, 1.807) is 0 Å². The van der Waals surface area contributed by atoms with Crippen LogP contribution in [0.4, 0.5) is 24.5 Å². The zero-order valence-corrected chi connectivity index (χ0v) is 7.99. The predicted molar refractivity (Wildman–Crippen MR) is 50.2 cm³/mol. The molecule has 0 spiro atoms. The lowest BCUT2D eigenvalue weighted by molar-refractivity contribution is -0.384. The van der Waals surface area contributed by atoms with E-state index in [1.807, 2.05) is 0 Å². The molecular formula is C9H7F3N2O2. The van der Waals surface area contributed by atoms with Gasteiger partial charge in [0, 0.05) is 0 Å². The average Bonchev–Trinajstić information content (AvgIpc) is 2.14. The van der Waals surface area contributed by atoms with Crippen molar-refractivity contribution in [1.82, 2.24) is 0 Å². The summed E-state index contributed by atoms with van der Waals surface area (Å²) in [6.07, 6.45) is 0. The van der Waals surface area contributed by atoms with Gasteiger partial charge >= 0.3 is 0 Å². The van der Waals surface area contributed by atoms with Gasteiger partial charge < -0.3 is 4.90 Å². The number of halogens is 3. The van der Waals surface area contributed by atoms with E-state index in [4.69, 9.17) is 0 Å². The molecule has 16 heavy (non-hydrogen) atoms. The fourth-order valence-electron chi connectivity index (χ4n) is 1.59. The topological polar surface area (TPSA) is 46.4 Å². The molecule has 1 aromatic carbocycles. The Morgan fingerprint density at radius 1 is 1.38 bits per heavy atom. The van der Waals surface area contributed by atoms with Crippen LogP contribution in [-0.4, -0.2) is 23.9 Å². The summed E-state index contributed by atoms with van der Waals surface area (Å²) < 4.78 is 38.0. The number of rotatable bonds is 2. The van der Waals surface area contributed by atoms with Crippen LogP contribution in [0.15, 0.2) is 18.2 Å². The summed E-state index contributed by atoms with van der Waals surface area (Å²) in [7, 11) is 0. The number of benzene rings is 1. The first-order valence-corrected chi connectivity index (χ1v) is 4.46. The lowest BCUT2D eigenvalue weighted by Gasteiger charge is -2.39. The number of nitro benzene ring substituents is 1. The molecular weight excluding hydrogens is 225 g/mol. The third-order valence-corrected chi connectivity index (χ3v) is 2.32. The number of hydrogen-bond acceptors (Lipinski definition) is 3. The zero-order valence-electron chi connectivity index (χ0n) is 7.99. The molecule has 7 heteroatoms. The van der Waals surface area contributed by atoms with Gasteiger partial charge in [0.1, 0.15) is 11.5 Å². The summed E-state index contributed by atoms with van der Waals surface area (Å²) in [6.45, 7) is -1.14. The van der Waals surface area contributed by atoms with Gasteiger partial charge in [-0.1, -0.05) is 0 Å². The summed E-state index contributed by atoms with van der Waals surface area (Å²) in [4.78, 5) is 11.0. The van der Waals surface area contributed by atoms with Crippen molar-refractivity contribution in [1.29, 1.82) is 0 Å². The maximum absolute atomic E-state index is 12.8. The molecule has 0 unspecified atom stereocenters. The largest absolute Gasteiger partial charge is 0.354 e. The Bertz CT molecular complexity index is 442. The van der Waals surface area contributed by atoms with Crippen molar-refractivity contribution >= 4 is 11.4 Å². The third-order valence-electron chi connectivity index (χ3n) is 2.32. The van der Waals surface area contributed by atoms with Gasteiger partial charge in [0.15, 0.2) is 0 Å². The number of hydrogen-bond donors (Lipinski definition) is 0. The van der Waals surface area contributed by atoms with Gasteiger partial charge in [-0.2, -0.15) is 0 Å². The minimum absolute atomic E-state index is 0.0253. The number of nitro groups is 1. The summed E-state index contributed by atoms with van der Waals surface area (Å²) in [5.41, 5.74) is -0.465. The summed E-state index contributed by atoms with van der Waals surface area (Å²) >= 11 is 0. The van der Waals surface area contributed by atoms with Crippen molar-refractivity contribution in [2.75, 3.05) is 18.0 Å². The third kappa shape index (κ3) is 1.80. The van der Waals surface area contributed by atoms with E-state index in [0.717, 1.165) is 23.1 Å². The van der Waals surface area contributed by atoms with Crippen LogP contribution in [0.3, 0.4) is 0 Å². The maximum Gasteiger partial charge on any atom is 0.295 e. The minimum Gasteiger partial charge on any atom is -0.354 e. The van der Waals surface area contributed by atoms with Crippen molar-refractivity contribution < 1.29 is 18.1 Å². The predicted octanol–water partition coefficient (Wildman–Crippen LogP) is 2.19. The zero-order chi connectivity index (χ0) is 11.9. The SMILES string of the molecule is O=[N+]([O-])c1cc(F)ccc1N1CC(F)(F)C1. The second-order valence-corrected chi connectivity index (χ2v) is 3.60. The van der Waals surface area contributed by atoms with Crippen LogP contribution in [0, 0.1) is 15.9 Å². The van der Waals surface area contributed by atoms with Gasteiger partial charge in [-0.15, -0.1) is 0 Å². The molecule has 0 saturated carbocycles. The van der Waals surface area contributed by atoms with Crippen LogP contribution in [-0.2, 0) is 0 Å². The average molecular weight is 232 g/mol. The Labute approximate surface area is 88.4 Å². The Morgan fingerprint density at radius 3 is 2.50 bits per heavy atom. The second-order valence-electron chi connectivity index (χ2n) is 3.60. The van der Waals surface area contributed by atoms with Crippen LogP contribution in [0.2, 0.25) is 0 Å². The molecule has 1 fully saturated rings. The molecule has 1 saturated heterocycles. The Hall–Kier alpha value is -1.79. The molecule has 0 bridgehead atoms. The van der Waals surface area contributed by atoms with Crippen LogP contribution >= 0.6 is 0 Å². The summed E-state index contributed by atoms with van der Waals surface area (Å²) in [5.74, 6) is -3.58. The van der Waals surface area contributed by atoms with Crippen LogP contribution in [0.25, 0.3) is 0 Å². The standard InChI is InChI=1S/C9H7F3N2O2/c10-6-1-2-7(8(3-6)14(15)16)13-4-9(11,12)5-13/h1-3H,4-5H2. The molecule has 0 radical (unpaired) electrons. The highest BCUT2D eigenvalue weighted by atomic mass is 19.3. The summed E-state index contributed by atoms with van der Waals surface area (Å²) in [6, 6.07) is 2.88. The fraction of sp³-hybridized carbons (Fsp3) is 0.333. The van der Waals surface area contributed by atoms with E-state index in [-0.39, 0.29) is 5.69 Å². The van der Waals surface area contributed by atoms with Crippen LogP contribution < -0.4 is 4.90 Å². The minimum atomic E-state index is -2.82. The molecule has 1 aromatic rings. The highest BCUT2D eigenvalue weighted by Gasteiger charge is 2.45. The first-order chi connectivity index (χ1) is 7.39. The van der Waals surface area contributed by atoms with Crippen molar-refractivity contribution in [3.63, 3.8) is 0 Å². The number of alkyl halides is 2. The fourth-order valence-corrected chi connectivity index (χ4v) is 1.59. The molecule has 0 atom stereocenters. The molecule has 2 rings (SSSR count).